The van der Waals surface area contributed by atoms with E-state index in [-0.39, 0.29) is 5.69 Å². The molecule has 0 atom stereocenters. The molecule has 0 saturated carbocycles. The van der Waals surface area contributed by atoms with Crippen LogP contribution in [-0.4, -0.2) is 28.0 Å². The molecular weight excluding hydrogens is 220 g/mol. The summed E-state index contributed by atoms with van der Waals surface area (Å²) in [4.78, 5) is 14.3. The molecule has 1 fully saturated rings. The monoisotopic (exact) mass is 236 g/mol. The molecule has 1 aliphatic rings. The maximum atomic E-state index is 10.7. The lowest BCUT2D eigenvalue weighted by Gasteiger charge is -2.27. The average Bonchev–Trinajstić information content (AvgIpc) is 2.30. The summed E-state index contributed by atoms with van der Waals surface area (Å²) in [5.74, 6) is 0.676. The zero-order chi connectivity index (χ0) is 12.3. The van der Waals surface area contributed by atoms with Gasteiger partial charge in [0.25, 0.3) is 5.69 Å². The van der Waals surface area contributed by atoms with Crippen LogP contribution >= 0.6 is 0 Å². The number of rotatable bonds is 3. The van der Waals surface area contributed by atoms with Gasteiger partial charge in [-0.25, -0.2) is 9.99 Å². The number of anilines is 1. The van der Waals surface area contributed by atoms with Gasteiger partial charge in [0.2, 0.25) is 0 Å². The van der Waals surface area contributed by atoms with Crippen LogP contribution in [0.4, 0.5) is 11.5 Å². The van der Waals surface area contributed by atoms with Crippen LogP contribution in [0.2, 0.25) is 0 Å². The van der Waals surface area contributed by atoms with E-state index in [2.05, 4.69) is 15.4 Å². The standard InChI is InChI=1S/C11H16N4O2/c1-9-7-11(12-8-10(9)15(16)17)13-14-5-3-2-4-6-14/h7-8H,2-6H2,1H3,(H,12,13). The van der Waals surface area contributed by atoms with Crippen LogP contribution in [0.3, 0.4) is 0 Å². The highest BCUT2D eigenvalue weighted by atomic mass is 16.6. The first-order valence-electron chi connectivity index (χ1n) is 5.79. The first kappa shape index (κ1) is 11.8. The van der Waals surface area contributed by atoms with Gasteiger partial charge in [-0.1, -0.05) is 6.42 Å². The maximum Gasteiger partial charge on any atom is 0.290 e. The molecule has 1 saturated heterocycles. The van der Waals surface area contributed by atoms with E-state index in [0.29, 0.717) is 11.4 Å². The topological polar surface area (TPSA) is 71.3 Å². The van der Waals surface area contributed by atoms with Gasteiger partial charge < -0.3 is 5.43 Å². The Hall–Kier alpha value is -1.69. The minimum atomic E-state index is -0.410. The predicted octanol–water partition coefficient (Wildman–Crippen LogP) is 2.11. The minimum Gasteiger partial charge on any atom is -0.303 e. The summed E-state index contributed by atoms with van der Waals surface area (Å²) in [5, 5.41) is 12.8. The molecule has 0 bridgehead atoms. The van der Waals surface area contributed by atoms with Crippen molar-refractivity contribution in [2.24, 2.45) is 0 Å². The smallest absolute Gasteiger partial charge is 0.290 e. The maximum absolute atomic E-state index is 10.7. The van der Waals surface area contributed by atoms with E-state index in [1.807, 2.05) is 0 Å². The number of aryl methyl sites for hydroxylation is 1. The summed E-state index contributed by atoms with van der Waals surface area (Å²) in [5.41, 5.74) is 3.88. The Bertz CT molecular complexity index is 416. The van der Waals surface area contributed by atoms with Crippen molar-refractivity contribution in [3.63, 3.8) is 0 Å². The Kier molecular flexibility index (Phi) is 3.53. The lowest BCUT2D eigenvalue weighted by atomic mass is 10.2. The molecular formula is C11H16N4O2. The summed E-state index contributed by atoms with van der Waals surface area (Å²) in [6.07, 6.45) is 4.93. The highest BCUT2D eigenvalue weighted by Gasteiger charge is 2.14. The molecule has 6 heteroatoms. The van der Waals surface area contributed by atoms with E-state index >= 15 is 0 Å². The molecule has 92 valence electrons. The van der Waals surface area contributed by atoms with Crippen LogP contribution < -0.4 is 5.43 Å². The Morgan fingerprint density at radius 3 is 2.71 bits per heavy atom. The Morgan fingerprint density at radius 2 is 2.12 bits per heavy atom. The number of hydrazine groups is 1. The predicted molar refractivity (Wildman–Crippen MR) is 64.7 cm³/mol. The second-order valence-corrected chi connectivity index (χ2v) is 4.27. The SMILES string of the molecule is Cc1cc(NN2CCCCC2)ncc1[N+](=O)[O-]. The van der Waals surface area contributed by atoms with Crippen LogP contribution in [0.25, 0.3) is 0 Å². The first-order chi connectivity index (χ1) is 8.16. The number of aromatic nitrogens is 1. The number of piperidine rings is 1. The number of pyridine rings is 1. The Labute approximate surface area is 99.8 Å². The van der Waals surface area contributed by atoms with Crippen LogP contribution in [0.15, 0.2) is 12.3 Å². The minimum absolute atomic E-state index is 0.0641. The molecule has 17 heavy (non-hydrogen) atoms. The number of hydrogen-bond donors (Lipinski definition) is 1. The summed E-state index contributed by atoms with van der Waals surface area (Å²) in [6, 6.07) is 1.72. The van der Waals surface area contributed by atoms with Gasteiger partial charge in [-0.05, 0) is 25.8 Å². The van der Waals surface area contributed by atoms with Crippen LogP contribution in [0.1, 0.15) is 24.8 Å². The Morgan fingerprint density at radius 1 is 1.41 bits per heavy atom. The summed E-state index contributed by atoms with van der Waals surface area (Å²) >= 11 is 0. The largest absolute Gasteiger partial charge is 0.303 e. The second kappa shape index (κ2) is 5.09. The fourth-order valence-electron chi connectivity index (χ4n) is 1.97. The summed E-state index contributed by atoms with van der Waals surface area (Å²) in [7, 11) is 0. The van der Waals surface area contributed by atoms with Gasteiger partial charge in [-0.15, -0.1) is 0 Å². The summed E-state index contributed by atoms with van der Waals surface area (Å²) in [6.45, 7) is 3.72. The zero-order valence-electron chi connectivity index (χ0n) is 9.85. The molecule has 1 aliphatic heterocycles. The highest BCUT2D eigenvalue weighted by molar-refractivity contribution is 5.46. The molecule has 6 nitrogen and oxygen atoms in total. The van der Waals surface area contributed by atoms with Crippen molar-refractivity contribution in [1.29, 1.82) is 0 Å². The van der Waals surface area contributed by atoms with Crippen molar-refractivity contribution in [3.8, 4) is 0 Å². The lowest BCUT2D eigenvalue weighted by molar-refractivity contribution is -0.385. The number of nitrogens with zero attached hydrogens (tertiary/aromatic N) is 3. The highest BCUT2D eigenvalue weighted by Crippen LogP contribution is 2.19. The van der Waals surface area contributed by atoms with Gasteiger partial charge in [0.05, 0.1) is 4.92 Å². The molecule has 1 aromatic rings. The van der Waals surface area contributed by atoms with E-state index < -0.39 is 4.92 Å². The van der Waals surface area contributed by atoms with Gasteiger partial charge in [0.1, 0.15) is 12.0 Å². The van der Waals surface area contributed by atoms with Crippen LogP contribution in [0.5, 0.6) is 0 Å². The molecule has 2 heterocycles. The van der Waals surface area contributed by atoms with E-state index in [0.717, 1.165) is 13.1 Å². The molecule has 2 rings (SSSR count). The quantitative estimate of drug-likeness (QED) is 0.642. The van der Waals surface area contributed by atoms with Crippen molar-refractivity contribution in [3.05, 3.63) is 27.9 Å². The molecule has 0 aromatic carbocycles. The van der Waals surface area contributed by atoms with Crippen molar-refractivity contribution < 1.29 is 4.92 Å². The molecule has 1 N–H and O–H groups in total. The third kappa shape index (κ3) is 2.91. The molecule has 1 aromatic heterocycles. The van der Waals surface area contributed by atoms with Crippen molar-refractivity contribution in [2.45, 2.75) is 26.2 Å². The lowest BCUT2D eigenvalue weighted by Crippen LogP contribution is -2.35. The van der Waals surface area contributed by atoms with E-state index in [4.69, 9.17) is 0 Å². The molecule has 0 spiro atoms. The van der Waals surface area contributed by atoms with Crippen molar-refractivity contribution in [2.75, 3.05) is 18.5 Å². The first-order valence-corrected chi connectivity index (χ1v) is 5.79. The Balaban J connectivity index is 2.06. The third-order valence-corrected chi connectivity index (χ3v) is 2.91. The number of hydrogen-bond acceptors (Lipinski definition) is 5. The normalized spacial score (nSPS) is 16.8. The van der Waals surface area contributed by atoms with Gasteiger partial charge in [0, 0.05) is 18.7 Å². The molecule has 0 radical (unpaired) electrons. The van der Waals surface area contributed by atoms with Gasteiger partial charge in [-0.3, -0.25) is 10.1 Å². The number of nitrogens with one attached hydrogen (secondary N) is 1. The average molecular weight is 236 g/mol. The zero-order valence-corrected chi connectivity index (χ0v) is 9.85. The van der Waals surface area contributed by atoms with E-state index in [9.17, 15) is 10.1 Å². The van der Waals surface area contributed by atoms with E-state index in [1.54, 1.807) is 13.0 Å². The van der Waals surface area contributed by atoms with Crippen LogP contribution in [0, 0.1) is 17.0 Å². The van der Waals surface area contributed by atoms with Crippen molar-refractivity contribution >= 4 is 11.5 Å². The fraction of sp³-hybridized carbons (Fsp3) is 0.545. The van der Waals surface area contributed by atoms with Gasteiger partial charge >= 0.3 is 0 Å². The van der Waals surface area contributed by atoms with E-state index in [1.165, 1.54) is 25.5 Å². The summed E-state index contributed by atoms with van der Waals surface area (Å²) < 4.78 is 0. The van der Waals surface area contributed by atoms with Gasteiger partial charge in [-0.2, -0.15) is 0 Å². The fourth-order valence-corrected chi connectivity index (χ4v) is 1.97. The molecule has 0 amide bonds. The van der Waals surface area contributed by atoms with Gasteiger partial charge in [0.15, 0.2) is 0 Å². The van der Waals surface area contributed by atoms with Crippen LogP contribution in [-0.2, 0) is 0 Å². The molecule has 0 unspecified atom stereocenters. The third-order valence-electron chi connectivity index (χ3n) is 2.91. The van der Waals surface area contributed by atoms with Crippen molar-refractivity contribution in [1.82, 2.24) is 9.99 Å². The second-order valence-electron chi connectivity index (χ2n) is 4.27. The number of nitro groups is 1. The molecule has 0 aliphatic carbocycles.